The van der Waals surface area contributed by atoms with Gasteiger partial charge in [0.05, 0.1) is 0 Å². The quantitative estimate of drug-likeness (QED) is 0.865. The van der Waals surface area contributed by atoms with Crippen LogP contribution in [0.15, 0.2) is 30.3 Å². The maximum Gasteiger partial charge on any atom is 0.229 e. The molecule has 0 atom stereocenters. The fourth-order valence-electron chi connectivity index (χ4n) is 2.80. The van der Waals surface area contributed by atoms with Gasteiger partial charge in [0.25, 0.3) is 0 Å². The summed E-state index contributed by atoms with van der Waals surface area (Å²) in [5.74, 6) is 1.57. The molecular weight excluding hydrogens is 326 g/mol. The molecule has 0 spiro atoms. The summed E-state index contributed by atoms with van der Waals surface area (Å²) in [7, 11) is 0. The van der Waals surface area contributed by atoms with Gasteiger partial charge in [-0.25, -0.2) is 4.98 Å². The molecule has 3 rings (SSSR count). The zero-order valence-electron chi connectivity index (χ0n) is 16.0. The smallest absolute Gasteiger partial charge is 0.229 e. The maximum atomic E-state index is 12.1. The first-order valence-corrected chi connectivity index (χ1v) is 9.10. The van der Waals surface area contributed by atoms with E-state index in [-0.39, 0.29) is 5.91 Å². The van der Waals surface area contributed by atoms with Gasteiger partial charge < -0.3 is 15.5 Å². The van der Waals surface area contributed by atoms with Crippen LogP contribution in [0.5, 0.6) is 0 Å². The molecule has 0 aliphatic carbocycles. The molecule has 0 saturated carbocycles. The fraction of sp³-hybridized carbons (Fsp3) is 0.450. The van der Waals surface area contributed by atoms with Crippen molar-refractivity contribution in [2.24, 2.45) is 5.41 Å². The molecule has 1 fully saturated rings. The number of aryl methyl sites for hydroxylation is 1. The Bertz CT molecular complexity index is 774. The third-order valence-electron chi connectivity index (χ3n) is 4.35. The molecule has 0 radical (unpaired) electrons. The van der Waals surface area contributed by atoms with Crippen LogP contribution >= 0.6 is 0 Å². The minimum Gasteiger partial charge on any atom is -0.356 e. The molecule has 0 unspecified atom stereocenters. The molecule has 1 aliphatic heterocycles. The highest BCUT2D eigenvalue weighted by molar-refractivity contribution is 5.94. The molecule has 1 aromatic carbocycles. The predicted octanol–water partition coefficient (Wildman–Crippen LogP) is 4.11. The summed E-state index contributed by atoms with van der Waals surface area (Å²) in [6.07, 6.45) is 2.43. The number of carbonyl (C=O) groups excluding carboxylic acids is 1. The van der Waals surface area contributed by atoms with Gasteiger partial charge in [-0.3, -0.25) is 4.79 Å². The fourth-order valence-corrected chi connectivity index (χ4v) is 2.80. The van der Waals surface area contributed by atoms with E-state index in [0.29, 0.717) is 5.95 Å². The van der Waals surface area contributed by atoms with Crippen molar-refractivity contribution in [3.8, 4) is 0 Å². The third-order valence-corrected chi connectivity index (χ3v) is 4.35. The summed E-state index contributed by atoms with van der Waals surface area (Å²) in [5.41, 5.74) is 2.19. The van der Waals surface area contributed by atoms with Gasteiger partial charge in [-0.15, -0.1) is 0 Å². The topological polar surface area (TPSA) is 70.2 Å². The monoisotopic (exact) mass is 353 g/mol. The third kappa shape index (κ3) is 4.50. The number of aromatic nitrogens is 2. The van der Waals surface area contributed by atoms with Crippen LogP contribution in [0.2, 0.25) is 0 Å². The lowest BCUT2D eigenvalue weighted by atomic mass is 9.95. The van der Waals surface area contributed by atoms with Crippen molar-refractivity contribution in [1.82, 2.24) is 9.97 Å². The highest BCUT2D eigenvalue weighted by Crippen LogP contribution is 2.23. The standard InChI is InChI=1S/C20H27N5O/c1-14-13-17(25-11-5-6-12-25)24-19(21-14)23-16-9-7-15(8-10-16)22-18(26)20(2,3)4/h7-10,13H,5-6,11-12H2,1-4H3,(H,22,26)(H,21,23,24). The van der Waals surface area contributed by atoms with E-state index in [1.807, 2.05) is 58.0 Å². The summed E-state index contributed by atoms with van der Waals surface area (Å²) < 4.78 is 0. The first-order valence-electron chi connectivity index (χ1n) is 9.10. The highest BCUT2D eigenvalue weighted by atomic mass is 16.2. The van der Waals surface area contributed by atoms with Gasteiger partial charge in [-0.1, -0.05) is 20.8 Å². The number of carbonyl (C=O) groups is 1. The zero-order chi connectivity index (χ0) is 18.7. The molecule has 138 valence electrons. The van der Waals surface area contributed by atoms with Gasteiger partial charge in [-0.2, -0.15) is 4.98 Å². The van der Waals surface area contributed by atoms with E-state index in [1.165, 1.54) is 12.8 Å². The van der Waals surface area contributed by atoms with Gasteiger partial charge in [0.1, 0.15) is 5.82 Å². The number of hydrogen-bond donors (Lipinski definition) is 2. The molecule has 2 heterocycles. The van der Waals surface area contributed by atoms with Crippen molar-refractivity contribution in [3.63, 3.8) is 0 Å². The molecule has 1 aliphatic rings. The molecule has 26 heavy (non-hydrogen) atoms. The van der Waals surface area contributed by atoms with Gasteiger partial charge in [0.2, 0.25) is 11.9 Å². The second kappa shape index (κ2) is 7.32. The second-order valence-corrected chi connectivity index (χ2v) is 7.79. The number of amides is 1. The number of nitrogens with zero attached hydrogens (tertiary/aromatic N) is 3. The molecular formula is C20H27N5O. The van der Waals surface area contributed by atoms with Crippen molar-refractivity contribution in [2.45, 2.75) is 40.5 Å². The van der Waals surface area contributed by atoms with Gasteiger partial charge in [-0.05, 0) is 44.0 Å². The van der Waals surface area contributed by atoms with Crippen molar-refractivity contribution in [1.29, 1.82) is 0 Å². The minimum atomic E-state index is -0.418. The number of nitrogens with one attached hydrogen (secondary N) is 2. The van der Waals surface area contributed by atoms with Crippen LogP contribution < -0.4 is 15.5 Å². The summed E-state index contributed by atoms with van der Waals surface area (Å²) in [6.45, 7) is 9.77. The number of benzene rings is 1. The van der Waals surface area contributed by atoms with Gasteiger partial charge in [0.15, 0.2) is 0 Å². The van der Waals surface area contributed by atoms with Crippen LogP contribution in [0.1, 0.15) is 39.3 Å². The Morgan fingerprint density at radius 3 is 2.27 bits per heavy atom. The Labute approximate surface area is 155 Å². The van der Waals surface area contributed by atoms with E-state index >= 15 is 0 Å². The molecule has 1 aromatic heterocycles. The van der Waals surface area contributed by atoms with E-state index < -0.39 is 5.41 Å². The zero-order valence-corrected chi connectivity index (χ0v) is 16.0. The van der Waals surface area contributed by atoms with E-state index in [9.17, 15) is 4.79 Å². The number of rotatable bonds is 4. The van der Waals surface area contributed by atoms with Gasteiger partial charge >= 0.3 is 0 Å². The van der Waals surface area contributed by atoms with E-state index in [4.69, 9.17) is 0 Å². The molecule has 6 nitrogen and oxygen atoms in total. The lowest BCUT2D eigenvalue weighted by molar-refractivity contribution is -0.123. The van der Waals surface area contributed by atoms with Crippen molar-refractivity contribution < 1.29 is 4.79 Å². The molecule has 2 aromatic rings. The predicted molar refractivity (Wildman–Crippen MR) is 106 cm³/mol. The van der Waals surface area contributed by atoms with Gasteiger partial charge in [0, 0.05) is 41.6 Å². The van der Waals surface area contributed by atoms with Crippen molar-refractivity contribution in [2.75, 3.05) is 28.6 Å². The summed E-state index contributed by atoms with van der Waals surface area (Å²) >= 11 is 0. The molecule has 6 heteroatoms. The normalized spacial score (nSPS) is 14.4. The van der Waals surface area contributed by atoms with Crippen LogP contribution in [0.25, 0.3) is 0 Å². The highest BCUT2D eigenvalue weighted by Gasteiger charge is 2.21. The van der Waals surface area contributed by atoms with Crippen molar-refractivity contribution >= 4 is 29.0 Å². The molecule has 1 saturated heterocycles. The Hall–Kier alpha value is -2.63. The molecule has 0 bridgehead atoms. The van der Waals surface area contributed by atoms with Crippen molar-refractivity contribution in [3.05, 3.63) is 36.0 Å². The first kappa shape index (κ1) is 18.2. The van der Waals surface area contributed by atoms with Crippen LogP contribution in [-0.4, -0.2) is 29.0 Å². The minimum absolute atomic E-state index is 0.00418. The number of hydrogen-bond acceptors (Lipinski definition) is 5. The van der Waals surface area contributed by atoms with Crippen LogP contribution in [0.3, 0.4) is 0 Å². The SMILES string of the molecule is Cc1cc(N2CCCC2)nc(Nc2ccc(NC(=O)C(C)(C)C)cc2)n1. The van der Waals surface area contributed by atoms with E-state index in [0.717, 1.165) is 36.0 Å². The number of anilines is 4. The molecule has 1 amide bonds. The summed E-state index contributed by atoms with van der Waals surface area (Å²) in [4.78, 5) is 23.5. The largest absolute Gasteiger partial charge is 0.356 e. The summed E-state index contributed by atoms with van der Waals surface area (Å²) in [5, 5.41) is 6.18. The van der Waals surface area contributed by atoms with Crippen LogP contribution in [0, 0.1) is 12.3 Å². The van der Waals surface area contributed by atoms with E-state index in [1.54, 1.807) is 0 Å². The van der Waals surface area contributed by atoms with E-state index in [2.05, 4.69) is 25.5 Å². The maximum absolute atomic E-state index is 12.1. The lowest BCUT2D eigenvalue weighted by Crippen LogP contribution is -2.27. The lowest BCUT2D eigenvalue weighted by Gasteiger charge is -2.18. The average molecular weight is 353 g/mol. The molecule has 2 N–H and O–H groups in total. The average Bonchev–Trinajstić information content (AvgIpc) is 3.10. The Kier molecular flexibility index (Phi) is 5.11. The van der Waals surface area contributed by atoms with Crippen LogP contribution in [0.4, 0.5) is 23.1 Å². The van der Waals surface area contributed by atoms with Crippen LogP contribution in [-0.2, 0) is 4.79 Å². The Morgan fingerprint density at radius 1 is 1.04 bits per heavy atom. The summed E-state index contributed by atoms with van der Waals surface area (Å²) in [6, 6.07) is 9.62. The Morgan fingerprint density at radius 2 is 1.65 bits per heavy atom. The second-order valence-electron chi connectivity index (χ2n) is 7.79. The first-order chi connectivity index (χ1) is 12.3. The Balaban J connectivity index is 1.70.